The number of anilines is 3. The molecule has 2 heterocycles. The van der Waals surface area contributed by atoms with Gasteiger partial charge in [0, 0.05) is 36.3 Å². The number of aromatic nitrogens is 3. The predicted molar refractivity (Wildman–Crippen MR) is 120 cm³/mol. The molecule has 2 aromatic heterocycles. The van der Waals surface area contributed by atoms with Gasteiger partial charge in [0.1, 0.15) is 0 Å². The molecule has 0 bridgehead atoms. The summed E-state index contributed by atoms with van der Waals surface area (Å²) in [5.74, 6) is 0.566. The van der Waals surface area contributed by atoms with Crippen LogP contribution in [0, 0.1) is 0 Å². The molecule has 0 atom stereocenters. The number of imidazole rings is 1. The quantitative estimate of drug-likeness (QED) is 0.437. The number of carbonyl (C=O) groups excluding carboxylic acids is 1. The first-order valence-electron chi connectivity index (χ1n) is 9.64. The SMILES string of the molecule is CC(=O)Nc1ccc(Nc2nccn3c(-c4cccc5ccccc45)cnc23)cc1. The highest BCUT2D eigenvalue weighted by Gasteiger charge is 2.12. The molecule has 3 aromatic carbocycles. The van der Waals surface area contributed by atoms with Crippen molar-refractivity contribution in [2.45, 2.75) is 6.92 Å². The fraction of sp³-hybridized carbons (Fsp3) is 0.0417. The first-order valence-corrected chi connectivity index (χ1v) is 9.64. The highest BCUT2D eigenvalue weighted by atomic mass is 16.1. The number of hydrogen-bond donors (Lipinski definition) is 2. The van der Waals surface area contributed by atoms with Crippen LogP contribution in [0.1, 0.15) is 6.92 Å². The van der Waals surface area contributed by atoms with Crippen LogP contribution in [0.2, 0.25) is 0 Å². The number of hydrogen-bond acceptors (Lipinski definition) is 4. The second-order valence-electron chi connectivity index (χ2n) is 7.02. The van der Waals surface area contributed by atoms with Crippen LogP contribution in [-0.4, -0.2) is 20.3 Å². The van der Waals surface area contributed by atoms with Crippen LogP contribution in [0.3, 0.4) is 0 Å². The van der Waals surface area contributed by atoms with E-state index in [4.69, 9.17) is 0 Å². The number of benzene rings is 3. The van der Waals surface area contributed by atoms with Gasteiger partial charge in [0.25, 0.3) is 0 Å². The van der Waals surface area contributed by atoms with Crippen molar-refractivity contribution < 1.29 is 4.79 Å². The number of nitrogens with zero attached hydrogens (tertiary/aromatic N) is 3. The summed E-state index contributed by atoms with van der Waals surface area (Å²) in [5.41, 5.74) is 4.48. The molecule has 5 aromatic rings. The van der Waals surface area contributed by atoms with Crippen LogP contribution in [0.25, 0.3) is 27.7 Å². The van der Waals surface area contributed by atoms with Crippen LogP contribution >= 0.6 is 0 Å². The van der Waals surface area contributed by atoms with E-state index in [0.717, 1.165) is 28.3 Å². The summed E-state index contributed by atoms with van der Waals surface area (Å²) in [5, 5.41) is 8.46. The molecule has 30 heavy (non-hydrogen) atoms. The van der Waals surface area contributed by atoms with Crippen molar-refractivity contribution in [1.29, 1.82) is 0 Å². The molecule has 5 rings (SSSR count). The maximum Gasteiger partial charge on any atom is 0.221 e. The fourth-order valence-electron chi connectivity index (χ4n) is 3.63. The lowest BCUT2D eigenvalue weighted by atomic mass is 10.0. The zero-order valence-electron chi connectivity index (χ0n) is 16.3. The Kier molecular flexibility index (Phi) is 4.37. The average molecular weight is 393 g/mol. The molecule has 1 amide bonds. The minimum atomic E-state index is -0.0968. The molecule has 0 spiro atoms. The second kappa shape index (κ2) is 7.33. The minimum Gasteiger partial charge on any atom is -0.337 e. The second-order valence-corrected chi connectivity index (χ2v) is 7.02. The molecule has 0 saturated carbocycles. The molecule has 6 nitrogen and oxygen atoms in total. The number of carbonyl (C=O) groups is 1. The summed E-state index contributed by atoms with van der Waals surface area (Å²) in [4.78, 5) is 20.3. The molecule has 0 fully saturated rings. The van der Waals surface area contributed by atoms with Gasteiger partial charge in [-0.25, -0.2) is 9.97 Å². The zero-order valence-corrected chi connectivity index (χ0v) is 16.3. The summed E-state index contributed by atoms with van der Waals surface area (Å²) in [6.07, 6.45) is 5.56. The molecule has 0 saturated heterocycles. The van der Waals surface area contributed by atoms with E-state index >= 15 is 0 Å². The molecule has 0 aliphatic carbocycles. The third-order valence-corrected chi connectivity index (χ3v) is 4.96. The van der Waals surface area contributed by atoms with Crippen LogP contribution in [0.4, 0.5) is 17.2 Å². The lowest BCUT2D eigenvalue weighted by Crippen LogP contribution is -2.05. The maximum absolute atomic E-state index is 11.2. The standard InChI is InChI=1S/C24H19N5O/c1-16(30)27-18-9-11-19(12-10-18)28-23-24-26-15-22(29(24)14-13-25-23)21-8-4-6-17-5-2-3-7-20(17)21/h2-15H,1H3,(H,25,28)(H,27,30). The van der Waals surface area contributed by atoms with Gasteiger partial charge in [0.2, 0.25) is 5.91 Å². The largest absolute Gasteiger partial charge is 0.337 e. The van der Waals surface area contributed by atoms with Gasteiger partial charge in [-0.05, 0) is 35.0 Å². The number of fused-ring (bicyclic) bond motifs is 2. The van der Waals surface area contributed by atoms with E-state index in [9.17, 15) is 4.79 Å². The van der Waals surface area contributed by atoms with E-state index in [1.807, 2.05) is 53.2 Å². The summed E-state index contributed by atoms with van der Waals surface area (Å²) in [6, 6.07) is 22.1. The summed E-state index contributed by atoms with van der Waals surface area (Å²) >= 11 is 0. The highest BCUT2D eigenvalue weighted by Crippen LogP contribution is 2.30. The van der Waals surface area contributed by atoms with Crippen LogP contribution in [0.15, 0.2) is 85.3 Å². The number of rotatable bonds is 4. The summed E-state index contributed by atoms with van der Waals surface area (Å²) in [7, 11) is 0. The Labute approximate surface area is 173 Å². The Morgan fingerprint density at radius 2 is 1.67 bits per heavy atom. The van der Waals surface area contributed by atoms with Crippen LogP contribution in [0.5, 0.6) is 0 Å². The Bertz CT molecular complexity index is 1370. The van der Waals surface area contributed by atoms with E-state index in [1.54, 1.807) is 6.20 Å². The van der Waals surface area contributed by atoms with E-state index in [1.165, 1.54) is 17.7 Å². The molecular weight excluding hydrogens is 374 g/mol. The van der Waals surface area contributed by atoms with Crippen molar-refractivity contribution in [3.8, 4) is 11.3 Å². The third-order valence-electron chi connectivity index (χ3n) is 4.96. The molecule has 2 N–H and O–H groups in total. The van der Waals surface area contributed by atoms with E-state index in [2.05, 4.69) is 50.9 Å². The number of amides is 1. The smallest absolute Gasteiger partial charge is 0.221 e. The predicted octanol–water partition coefficient (Wildman–Crippen LogP) is 5.25. The van der Waals surface area contributed by atoms with Crippen molar-refractivity contribution in [1.82, 2.24) is 14.4 Å². The zero-order chi connectivity index (χ0) is 20.5. The maximum atomic E-state index is 11.2. The van der Waals surface area contributed by atoms with Crippen LogP contribution in [-0.2, 0) is 4.79 Å². The minimum absolute atomic E-state index is 0.0968. The van der Waals surface area contributed by atoms with Crippen LogP contribution < -0.4 is 10.6 Å². The molecule has 0 aliphatic heterocycles. The van der Waals surface area contributed by atoms with Crippen molar-refractivity contribution in [3.63, 3.8) is 0 Å². The fourth-order valence-corrected chi connectivity index (χ4v) is 3.63. The first kappa shape index (κ1) is 17.9. The molecule has 146 valence electrons. The van der Waals surface area contributed by atoms with Gasteiger partial charge < -0.3 is 10.6 Å². The molecular formula is C24H19N5O. The van der Waals surface area contributed by atoms with Gasteiger partial charge in [-0.2, -0.15) is 0 Å². The van der Waals surface area contributed by atoms with Gasteiger partial charge in [0.05, 0.1) is 11.9 Å². The summed E-state index contributed by atoms with van der Waals surface area (Å²) < 4.78 is 2.04. The Morgan fingerprint density at radius 1 is 0.900 bits per heavy atom. The van der Waals surface area contributed by atoms with Crippen molar-refractivity contribution in [2.75, 3.05) is 10.6 Å². The van der Waals surface area contributed by atoms with Gasteiger partial charge in [-0.15, -0.1) is 0 Å². The molecule has 0 unspecified atom stereocenters. The third kappa shape index (κ3) is 3.24. The monoisotopic (exact) mass is 393 g/mol. The Hall–Kier alpha value is -4.19. The summed E-state index contributed by atoms with van der Waals surface area (Å²) in [6.45, 7) is 1.49. The van der Waals surface area contributed by atoms with Gasteiger partial charge in [-0.3, -0.25) is 9.20 Å². The van der Waals surface area contributed by atoms with Gasteiger partial charge in [0.15, 0.2) is 11.5 Å². The number of nitrogens with one attached hydrogen (secondary N) is 2. The lowest BCUT2D eigenvalue weighted by molar-refractivity contribution is -0.114. The van der Waals surface area contributed by atoms with Crippen molar-refractivity contribution >= 4 is 39.5 Å². The van der Waals surface area contributed by atoms with E-state index in [-0.39, 0.29) is 5.91 Å². The molecule has 6 heteroatoms. The first-order chi connectivity index (χ1) is 14.7. The Balaban J connectivity index is 1.53. The van der Waals surface area contributed by atoms with Crippen molar-refractivity contribution in [2.24, 2.45) is 0 Å². The van der Waals surface area contributed by atoms with E-state index < -0.39 is 0 Å². The molecule has 0 radical (unpaired) electrons. The van der Waals surface area contributed by atoms with Gasteiger partial charge >= 0.3 is 0 Å². The highest BCUT2D eigenvalue weighted by molar-refractivity contribution is 5.96. The molecule has 0 aliphatic rings. The average Bonchev–Trinajstić information content (AvgIpc) is 3.19. The van der Waals surface area contributed by atoms with Crippen molar-refractivity contribution in [3.05, 3.63) is 85.3 Å². The Morgan fingerprint density at radius 3 is 2.50 bits per heavy atom. The van der Waals surface area contributed by atoms with E-state index in [0.29, 0.717) is 5.82 Å². The topological polar surface area (TPSA) is 71.3 Å². The van der Waals surface area contributed by atoms with Gasteiger partial charge in [-0.1, -0.05) is 42.5 Å². The lowest BCUT2D eigenvalue weighted by Gasteiger charge is -2.10. The normalized spacial score (nSPS) is 11.0.